The third kappa shape index (κ3) is 5.20. The fourth-order valence-corrected chi connectivity index (χ4v) is 6.11. The van der Waals surface area contributed by atoms with Crippen LogP contribution in [0.1, 0.15) is 75.2 Å². The van der Waals surface area contributed by atoms with E-state index < -0.39 is 11.7 Å². The maximum absolute atomic E-state index is 12.2. The number of rotatable bonds is 6. The molecule has 1 amide bonds. The zero-order valence-electron chi connectivity index (χ0n) is 22.8. The molecule has 0 atom stereocenters. The number of fused-ring (bicyclic) bond motifs is 3. The van der Waals surface area contributed by atoms with Crippen LogP contribution in [-0.4, -0.2) is 26.8 Å². The number of hydrogen-bond donors (Lipinski definition) is 2. The van der Waals surface area contributed by atoms with Crippen LogP contribution in [0.25, 0.3) is 11.0 Å². The summed E-state index contributed by atoms with van der Waals surface area (Å²) in [5.74, 6) is 3.82. The van der Waals surface area contributed by atoms with E-state index in [4.69, 9.17) is 14.5 Å². The number of pyridine rings is 1. The van der Waals surface area contributed by atoms with Crippen molar-refractivity contribution >= 4 is 28.7 Å². The van der Waals surface area contributed by atoms with Crippen LogP contribution < -0.4 is 10.1 Å². The molecular weight excluding hydrogens is 490 g/mol. The van der Waals surface area contributed by atoms with Gasteiger partial charge in [0.05, 0.1) is 11.0 Å². The van der Waals surface area contributed by atoms with E-state index in [1.165, 1.54) is 5.57 Å². The second-order valence-electron chi connectivity index (χ2n) is 11.0. The van der Waals surface area contributed by atoms with Gasteiger partial charge in [-0.1, -0.05) is 6.92 Å². The Labute approximate surface area is 228 Å². The Bertz CT molecular complexity index is 1510. The molecule has 1 fully saturated rings. The van der Waals surface area contributed by atoms with Crippen LogP contribution in [0.2, 0.25) is 0 Å². The van der Waals surface area contributed by atoms with Gasteiger partial charge in [0.15, 0.2) is 0 Å². The largest absolute Gasteiger partial charge is 0.461 e. The van der Waals surface area contributed by atoms with E-state index in [0.717, 1.165) is 96.6 Å². The Morgan fingerprint density at radius 2 is 2.05 bits per heavy atom. The number of ether oxygens (including phenoxy) is 2. The zero-order chi connectivity index (χ0) is 27.0. The summed E-state index contributed by atoms with van der Waals surface area (Å²) >= 11 is 0. The lowest BCUT2D eigenvalue weighted by atomic mass is 9.73. The van der Waals surface area contributed by atoms with Gasteiger partial charge in [-0.2, -0.15) is 0 Å². The van der Waals surface area contributed by atoms with Crippen LogP contribution in [0.4, 0.5) is 10.6 Å². The third-order valence-electron chi connectivity index (χ3n) is 8.24. The van der Waals surface area contributed by atoms with Gasteiger partial charge in [0, 0.05) is 36.2 Å². The van der Waals surface area contributed by atoms with Gasteiger partial charge in [-0.25, -0.2) is 14.8 Å². The molecule has 1 spiro atoms. The number of hydrogen-bond acceptors (Lipinski definition) is 6. The number of carbonyl (C=O) groups excluding carboxylic acids is 1. The average molecular weight is 526 g/mol. The second-order valence-corrected chi connectivity index (χ2v) is 11.0. The number of amides is 1. The molecule has 4 heterocycles. The Morgan fingerprint density at radius 3 is 2.87 bits per heavy atom. The molecule has 2 aliphatic heterocycles. The van der Waals surface area contributed by atoms with Crippen LogP contribution in [-0.2, 0) is 10.3 Å². The quantitative estimate of drug-likeness (QED) is 0.349. The number of imidazole rings is 1. The monoisotopic (exact) mass is 525 g/mol. The lowest BCUT2D eigenvalue weighted by Gasteiger charge is -2.42. The molecule has 0 bridgehead atoms. The Morgan fingerprint density at radius 1 is 1.21 bits per heavy atom. The van der Waals surface area contributed by atoms with E-state index in [2.05, 4.69) is 46.3 Å². The lowest BCUT2D eigenvalue weighted by molar-refractivity contribution is -0.0296. The van der Waals surface area contributed by atoms with Gasteiger partial charge in [-0.3, -0.25) is 10.3 Å². The average Bonchev–Trinajstić information content (AvgIpc) is 3.19. The maximum atomic E-state index is 12.2. The van der Waals surface area contributed by atoms with Gasteiger partial charge in [-0.15, -0.1) is 0 Å². The molecule has 39 heavy (non-hydrogen) atoms. The van der Waals surface area contributed by atoms with E-state index in [9.17, 15) is 4.79 Å². The summed E-state index contributed by atoms with van der Waals surface area (Å²) in [5, 5.41) is 2.74. The molecule has 6 rings (SSSR count). The van der Waals surface area contributed by atoms with E-state index >= 15 is 0 Å². The van der Waals surface area contributed by atoms with Crippen molar-refractivity contribution in [3.8, 4) is 5.75 Å². The highest BCUT2D eigenvalue weighted by Gasteiger charge is 2.45. The van der Waals surface area contributed by atoms with Gasteiger partial charge in [0.2, 0.25) is 0 Å². The fourth-order valence-electron chi connectivity index (χ4n) is 6.11. The first-order chi connectivity index (χ1) is 18.9. The molecule has 202 valence electrons. The van der Waals surface area contributed by atoms with Crippen molar-refractivity contribution in [1.29, 1.82) is 0 Å². The smallest absolute Gasteiger partial charge is 0.413 e. The Balaban J connectivity index is 1.13. The highest BCUT2D eigenvalue weighted by molar-refractivity contribution is 5.96. The molecule has 0 saturated heterocycles. The number of allylic oxidation sites excluding steroid dienone is 2. The third-order valence-corrected chi connectivity index (χ3v) is 8.24. The Kier molecular flexibility index (Phi) is 6.71. The van der Waals surface area contributed by atoms with Crippen molar-refractivity contribution in [2.75, 3.05) is 5.32 Å². The molecule has 1 aromatic carbocycles. The summed E-state index contributed by atoms with van der Waals surface area (Å²) < 4.78 is 12.3. The van der Waals surface area contributed by atoms with Gasteiger partial charge < -0.3 is 14.5 Å². The molecule has 2 N–H and O–H groups in total. The van der Waals surface area contributed by atoms with Crippen LogP contribution in [0.5, 0.6) is 5.75 Å². The van der Waals surface area contributed by atoms with Gasteiger partial charge in [-0.05, 0) is 100 Å². The minimum absolute atomic E-state index is 0.402. The summed E-state index contributed by atoms with van der Waals surface area (Å²) in [7, 11) is 0. The molecule has 0 unspecified atom stereocenters. The maximum Gasteiger partial charge on any atom is 0.413 e. The molecule has 3 aliphatic rings. The topological polar surface area (TPSA) is 101 Å². The second kappa shape index (κ2) is 10.3. The number of anilines is 1. The number of benzene rings is 1. The minimum atomic E-state index is -0.561. The summed E-state index contributed by atoms with van der Waals surface area (Å²) in [4.78, 5) is 29.3. The van der Waals surface area contributed by atoms with Crippen molar-refractivity contribution in [3.05, 3.63) is 71.0 Å². The first kappa shape index (κ1) is 25.3. The van der Waals surface area contributed by atoms with E-state index in [0.29, 0.717) is 11.7 Å². The number of carbonyl (C=O) groups is 1. The van der Waals surface area contributed by atoms with Crippen molar-refractivity contribution in [3.63, 3.8) is 0 Å². The molecule has 1 saturated carbocycles. The highest BCUT2D eigenvalue weighted by atomic mass is 16.6. The number of nitrogens with zero attached hydrogens (tertiary/aromatic N) is 3. The number of aromatic nitrogens is 3. The molecule has 8 heteroatoms. The molecule has 0 radical (unpaired) electrons. The van der Waals surface area contributed by atoms with E-state index in [-0.39, 0.29) is 0 Å². The van der Waals surface area contributed by atoms with Crippen molar-refractivity contribution in [2.24, 2.45) is 10.9 Å². The van der Waals surface area contributed by atoms with E-state index in [1.807, 2.05) is 31.3 Å². The van der Waals surface area contributed by atoms with Crippen LogP contribution in [0.15, 0.2) is 59.1 Å². The molecule has 3 aromatic rings. The van der Waals surface area contributed by atoms with Gasteiger partial charge in [0.1, 0.15) is 28.8 Å². The summed E-state index contributed by atoms with van der Waals surface area (Å²) in [5.41, 5.74) is 5.81. The highest BCUT2D eigenvalue weighted by Crippen LogP contribution is 2.47. The normalized spacial score (nSPS) is 22.8. The number of H-pyrrole nitrogens is 1. The number of nitrogens with one attached hydrogen (secondary N) is 2. The minimum Gasteiger partial charge on any atom is -0.461 e. The number of aromatic amines is 1. The number of aliphatic imine (C=N–C) groups is 1. The first-order valence-electron chi connectivity index (χ1n) is 14.0. The summed E-state index contributed by atoms with van der Waals surface area (Å²) in [6, 6.07) is 8.02. The number of aryl methyl sites for hydroxylation is 2. The molecule has 1 aliphatic carbocycles. The first-order valence-corrected chi connectivity index (χ1v) is 14.0. The van der Waals surface area contributed by atoms with Gasteiger partial charge in [0.25, 0.3) is 0 Å². The standard InChI is InChI=1S/C31H35N5O3/c1-4-21-15-25(38-24-14-19(2)28-27(17-24)34-20(3)35-28)16-23(33-18-21)8-7-22-9-11-31(12-10-22)26-6-5-13-32-29(26)36-30(37)39-31/h5-6,13-14,16-18,22H,4,7-12,15H2,1-3H3,(H,34,35)(H,32,36,37). The zero-order valence-corrected chi connectivity index (χ0v) is 22.8. The predicted octanol–water partition coefficient (Wildman–Crippen LogP) is 7.40. The van der Waals surface area contributed by atoms with Crippen molar-refractivity contribution in [1.82, 2.24) is 15.0 Å². The van der Waals surface area contributed by atoms with E-state index in [1.54, 1.807) is 6.20 Å². The summed E-state index contributed by atoms with van der Waals surface area (Å²) in [6.07, 6.45) is 12.7. The van der Waals surface area contributed by atoms with Crippen molar-refractivity contribution in [2.45, 2.75) is 77.7 Å². The fraction of sp³-hybridized carbons (Fsp3) is 0.419. The van der Waals surface area contributed by atoms with Crippen LogP contribution in [0, 0.1) is 19.8 Å². The summed E-state index contributed by atoms with van der Waals surface area (Å²) in [6.45, 7) is 6.19. The Hall–Kier alpha value is -3.94. The SMILES string of the molecule is CCC1=CN=C(CCC2CCC3(CC2)OC(=O)Nc2ncccc23)C=C(Oc2cc(C)c3nc(C)[nH]c3c2)C1. The predicted molar refractivity (Wildman–Crippen MR) is 152 cm³/mol. The lowest BCUT2D eigenvalue weighted by Crippen LogP contribution is -2.42. The van der Waals surface area contributed by atoms with Crippen LogP contribution >= 0.6 is 0 Å². The molecule has 8 nitrogen and oxygen atoms in total. The van der Waals surface area contributed by atoms with Gasteiger partial charge >= 0.3 is 6.09 Å². The molecule has 2 aromatic heterocycles. The molecular formula is C31H35N5O3. The van der Waals surface area contributed by atoms with Crippen LogP contribution in [0.3, 0.4) is 0 Å². The van der Waals surface area contributed by atoms with Crippen molar-refractivity contribution < 1.29 is 14.3 Å².